The van der Waals surface area contributed by atoms with Crippen molar-refractivity contribution in [1.82, 2.24) is 9.78 Å². The molecule has 0 bridgehead atoms. The van der Waals surface area contributed by atoms with Crippen molar-refractivity contribution in [3.8, 4) is 16.9 Å². The number of aromatic nitrogens is 2. The first-order chi connectivity index (χ1) is 11.0. The summed E-state index contributed by atoms with van der Waals surface area (Å²) >= 11 is 0. The maximum absolute atomic E-state index is 13.1. The highest BCUT2D eigenvalue weighted by atomic mass is 19.4. The number of benzene rings is 2. The van der Waals surface area contributed by atoms with Crippen LogP contribution in [-0.4, -0.2) is 9.78 Å². The maximum atomic E-state index is 13.1. The lowest BCUT2D eigenvalue weighted by Crippen LogP contribution is -2.07. The number of para-hydroxylation sites is 1. The molecule has 0 atom stereocenters. The molecule has 3 rings (SSSR count). The van der Waals surface area contributed by atoms with E-state index in [9.17, 15) is 13.2 Å². The number of aryl methyl sites for hydroxylation is 1. The zero-order valence-electron chi connectivity index (χ0n) is 12.5. The molecule has 0 aliphatic rings. The molecule has 118 valence electrons. The van der Waals surface area contributed by atoms with Crippen LogP contribution >= 0.6 is 0 Å². The van der Waals surface area contributed by atoms with Crippen LogP contribution in [0.3, 0.4) is 0 Å². The van der Waals surface area contributed by atoms with Crippen LogP contribution in [0, 0.1) is 0 Å². The van der Waals surface area contributed by atoms with Gasteiger partial charge in [0.05, 0.1) is 11.4 Å². The van der Waals surface area contributed by atoms with Gasteiger partial charge in [0.25, 0.3) is 0 Å². The lowest BCUT2D eigenvalue weighted by atomic mass is 10.1. The Morgan fingerprint density at radius 1 is 0.957 bits per heavy atom. The first-order valence-electron chi connectivity index (χ1n) is 7.31. The smallest absolute Gasteiger partial charge is 0.233 e. The van der Waals surface area contributed by atoms with Crippen molar-refractivity contribution in [3.63, 3.8) is 0 Å². The molecular formula is C18H15F3N2. The number of alkyl halides is 3. The molecule has 0 spiro atoms. The number of rotatable bonds is 3. The van der Waals surface area contributed by atoms with Gasteiger partial charge in [-0.05, 0) is 30.2 Å². The molecule has 0 N–H and O–H groups in total. The SMILES string of the molecule is CCc1ccc(-c2cc(C(F)(F)F)nn2-c2ccccc2)cc1. The summed E-state index contributed by atoms with van der Waals surface area (Å²) in [5.41, 5.74) is 1.96. The van der Waals surface area contributed by atoms with Crippen molar-refractivity contribution in [1.29, 1.82) is 0 Å². The molecule has 0 radical (unpaired) electrons. The minimum atomic E-state index is -4.47. The molecule has 2 nitrogen and oxygen atoms in total. The third kappa shape index (κ3) is 3.13. The Bertz CT molecular complexity index is 787. The Morgan fingerprint density at radius 2 is 1.61 bits per heavy atom. The van der Waals surface area contributed by atoms with E-state index in [4.69, 9.17) is 0 Å². The Kier molecular flexibility index (Phi) is 3.94. The Labute approximate surface area is 132 Å². The summed E-state index contributed by atoms with van der Waals surface area (Å²) in [6.45, 7) is 2.03. The van der Waals surface area contributed by atoms with Crippen molar-refractivity contribution >= 4 is 0 Å². The lowest BCUT2D eigenvalue weighted by Gasteiger charge is -2.08. The summed E-state index contributed by atoms with van der Waals surface area (Å²) in [5, 5.41) is 3.76. The normalized spacial score (nSPS) is 11.7. The second kappa shape index (κ2) is 5.91. The Hall–Kier alpha value is -2.56. The minimum absolute atomic E-state index is 0.422. The van der Waals surface area contributed by atoms with Crippen LogP contribution in [0.4, 0.5) is 13.2 Å². The van der Waals surface area contributed by atoms with Crippen LogP contribution in [0.1, 0.15) is 18.2 Å². The van der Waals surface area contributed by atoms with E-state index in [1.807, 2.05) is 37.3 Å². The fraction of sp³-hybridized carbons (Fsp3) is 0.167. The summed E-state index contributed by atoms with van der Waals surface area (Å²) in [4.78, 5) is 0. The monoisotopic (exact) mass is 316 g/mol. The third-order valence-electron chi connectivity index (χ3n) is 3.66. The van der Waals surface area contributed by atoms with Gasteiger partial charge in [-0.15, -0.1) is 0 Å². The predicted molar refractivity (Wildman–Crippen MR) is 83.4 cm³/mol. The first-order valence-corrected chi connectivity index (χ1v) is 7.31. The second-order valence-corrected chi connectivity index (χ2v) is 5.21. The molecule has 0 unspecified atom stereocenters. The summed E-state index contributed by atoms with van der Waals surface area (Å²) in [6, 6.07) is 17.4. The van der Waals surface area contributed by atoms with E-state index in [1.165, 1.54) is 4.68 Å². The molecule has 0 saturated heterocycles. The number of hydrogen-bond acceptors (Lipinski definition) is 1. The largest absolute Gasteiger partial charge is 0.435 e. The van der Waals surface area contributed by atoms with Crippen LogP contribution in [0.15, 0.2) is 60.7 Å². The predicted octanol–water partition coefficient (Wildman–Crippen LogP) is 5.12. The summed E-state index contributed by atoms with van der Waals surface area (Å²) in [6.07, 6.45) is -3.59. The van der Waals surface area contributed by atoms with Gasteiger partial charge in [0.15, 0.2) is 5.69 Å². The first kappa shape index (κ1) is 15.3. The van der Waals surface area contributed by atoms with Crippen molar-refractivity contribution in [2.24, 2.45) is 0 Å². The van der Waals surface area contributed by atoms with E-state index < -0.39 is 11.9 Å². The molecule has 1 aromatic heterocycles. The highest BCUT2D eigenvalue weighted by molar-refractivity contribution is 5.63. The molecule has 23 heavy (non-hydrogen) atoms. The zero-order valence-corrected chi connectivity index (χ0v) is 12.5. The van der Waals surface area contributed by atoms with Crippen LogP contribution in [-0.2, 0) is 12.6 Å². The van der Waals surface area contributed by atoms with Crippen LogP contribution in [0.5, 0.6) is 0 Å². The van der Waals surface area contributed by atoms with E-state index in [2.05, 4.69) is 5.10 Å². The molecule has 0 aliphatic carbocycles. The summed E-state index contributed by atoms with van der Waals surface area (Å²) < 4.78 is 40.5. The van der Waals surface area contributed by atoms with Gasteiger partial charge in [0.2, 0.25) is 0 Å². The molecule has 0 fully saturated rings. The second-order valence-electron chi connectivity index (χ2n) is 5.21. The summed E-state index contributed by atoms with van der Waals surface area (Å²) in [7, 11) is 0. The summed E-state index contributed by atoms with van der Waals surface area (Å²) in [5.74, 6) is 0. The highest BCUT2D eigenvalue weighted by Crippen LogP contribution is 2.33. The van der Waals surface area contributed by atoms with E-state index >= 15 is 0 Å². The van der Waals surface area contributed by atoms with Crippen molar-refractivity contribution in [3.05, 3.63) is 71.9 Å². The molecule has 0 aliphatic heterocycles. The van der Waals surface area contributed by atoms with E-state index in [0.29, 0.717) is 16.9 Å². The topological polar surface area (TPSA) is 17.8 Å². The fourth-order valence-corrected chi connectivity index (χ4v) is 2.40. The van der Waals surface area contributed by atoms with Crippen LogP contribution < -0.4 is 0 Å². The number of hydrogen-bond donors (Lipinski definition) is 0. The molecule has 0 saturated carbocycles. The van der Waals surface area contributed by atoms with Gasteiger partial charge in [0, 0.05) is 5.56 Å². The zero-order chi connectivity index (χ0) is 16.4. The van der Waals surface area contributed by atoms with Gasteiger partial charge >= 0.3 is 6.18 Å². The molecule has 2 aromatic carbocycles. The van der Waals surface area contributed by atoms with E-state index in [0.717, 1.165) is 18.1 Å². The molecular weight excluding hydrogens is 301 g/mol. The molecule has 1 heterocycles. The van der Waals surface area contributed by atoms with Gasteiger partial charge in [-0.3, -0.25) is 0 Å². The van der Waals surface area contributed by atoms with Crippen molar-refractivity contribution in [2.45, 2.75) is 19.5 Å². The molecule has 0 amide bonds. The van der Waals surface area contributed by atoms with Gasteiger partial charge in [-0.25, -0.2) is 4.68 Å². The standard InChI is InChI=1S/C18H15F3N2/c1-2-13-8-10-14(11-9-13)16-12-17(18(19,20)21)22-23(16)15-6-4-3-5-7-15/h3-12H,2H2,1H3. The number of nitrogens with zero attached hydrogens (tertiary/aromatic N) is 2. The van der Waals surface area contributed by atoms with Crippen LogP contribution in [0.25, 0.3) is 16.9 Å². The highest BCUT2D eigenvalue weighted by Gasteiger charge is 2.35. The lowest BCUT2D eigenvalue weighted by molar-refractivity contribution is -0.141. The molecule has 3 aromatic rings. The van der Waals surface area contributed by atoms with Gasteiger partial charge in [-0.1, -0.05) is 49.4 Å². The van der Waals surface area contributed by atoms with Gasteiger partial charge < -0.3 is 0 Å². The Morgan fingerprint density at radius 3 is 2.17 bits per heavy atom. The van der Waals surface area contributed by atoms with Crippen molar-refractivity contribution in [2.75, 3.05) is 0 Å². The fourth-order valence-electron chi connectivity index (χ4n) is 2.40. The van der Waals surface area contributed by atoms with Gasteiger partial charge in [-0.2, -0.15) is 18.3 Å². The van der Waals surface area contributed by atoms with Crippen LogP contribution in [0.2, 0.25) is 0 Å². The molecule has 5 heteroatoms. The maximum Gasteiger partial charge on any atom is 0.435 e. The minimum Gasteiger partial charge on any atom is -0.233 e. The van der Waals surface area contributed by atoms with E-state index in [1.54, 1.807) is 24.3 Å². The van der Waals surface area contributed by atoms with Gasteiger partial charge in [0.1, 0.15) is 0 Å². The quantitative estimate of drug-likeness (QED) is 0.656. The Balaban J connectivity index is 2.15. The average molecular weight is 316 g/mol. The van der Waals surface area contributed by atoms with E-state index in [-0.39, 0.29) is 0 Å². The number of halogens is 3. The van der Waals surface area contributed by atoms with Crippen molar-refractivity contribution < 1.29 is 13.2 Å². The average Bonchev–Trinajstić information content (AvgIpc) is 3.01. The third-order valence-corrected chi connectivity index (χ3v) is 3.66.